The smallest absolute Gasteiger partial charge is 0.354 e. The van der Waals surface area contributed by atoms with Crippen LogP contribution >= 0.6 is 0 Å². The molecule has 1 aromatic carbocycles. The Morgan fingerprint density at radius 1 is 1.11 bits per heavy atom. The van der Waals surface area contributed by atoms with Crippen LogP contribution in [0.4, 0.5) is 5.69 Å². The Morgan fingerprint density at radius 3 is 2.50 bits per heavy atom. The van der Waals surface area contributed by atoms with E-state index in [2.05, 4.69) is 15.2 Å². The summed E-state index contributed by atoms with van der Waals surface area (Å²) in [5.41, 5.74) is 1.52. The van der Waals surface area contributed by atoms with Crippen LogP contribution in [-0.2, 0) is 11.2 Å². The number of likely N-dealkylation sites (N-methyl/N-ethyl adjacent to an activating group) is 1. The number of carboxylic acid groups (broad SMARTS) is 1. The Hall–Kier alpha value is -3.26. The number of pyridine rings is 1. The molecule has 0 saturated carbocycles. The molecule has 0 bridgehead atoms. The molecule has 8 nitrogen and oxygen atoms in total. The van der Waals surface area contributed by atoms with E-state index in [-0.39, 0.29) is 23.6 Å². The van der Waals surface area contributed by atoms with Crippen LogP contribution in [0.25, 0.3) is 0 Å². The van der Waals surface area contributed by atoms with Gasteiger partial charge in [-0.05, 0) is 36.9 Å². The van der Waals surface area contributed by atoms with Crippen molar-refractivity contribution in [3.8, 4) is 0 Å². The van der Waals surface area contributed by atoms with Crippen molar-refractivity contribution in [2.45, 2.75) is 6.42 Å². The number of anilines is 1. The number of carbonyl (C=O) groups is 3. The van der Waals surface area contributed by atoms with Crippen LogP contribution in [0.5, 0.6) is 0 Å². The van der Waals surface area contributed by atoms with E-state index in [4.69, 9.17) is 5.11 Å². The molecule has 8 heteroatoms. The van der Waals surface area contributed by atoms with Gasteiger partial charge in [-0.25, -0.2) is 9.78 Å². The number of nitrogens with zero attached hydrogens (tertiary/aromatic N) is 3. The van der Waals surface area contributed by atoms with Gasteiger partial charge in [-0.1, -0.05) is 12.1 Å². The van der Waals surface area contributed by atoms with Gasteiger partial charge in [-0.2, -0.15) is 0 Å². The number of hydrogen-bond donors (Lipinski definition) is 2. The quantitative estimate of drug-likeness (QED) is 0.809. The minimum Gasteiger partial charge on any atom is -0.477 e. The molecule has 1 aromatic heterocycles. The van der Waals surface area contributed by atoms with E-state index in [1.807, 2.05) is 18.0 Å². The van der Waals surface area contributed by atoms with E-state index in [9.17, 15) is 14.4 Å². The standard InChI is InChI=1S/C20H22N4O4/c1-23-7-9-24(10-8-23)18(25)12-14-3-2-4-16(11-14)22-19(26)15-5-6-17(20(27)28)21-13-15/h2-6,11,13H,7-10,12H2,1H3,(H,22,26)(H,27,28). The lowest BCUT2D eigenvalue weighted by atomic mass is 10.1. The van der Waals surface area contributed by atoms with Gasteiger partial charge in [-0.3, -0.25) is 9.59 Å². The third-order valence-electron chi connectivity index (χ3n) is 4.64. The highest BCUT2D eigenvalue weighted by Crippen LogP contribution is 2.14. The minimum absolute atomic E-state index is 0.0741. The Kier molecular flexibility index (Phi) is 6.00. The maximum atomic E-state index is 12.5. The molecule has 0 radical (unpaired) electrons. The zero-order valence-electron chi connectivity index (χ0n) is 15.6. The largest absolute Gasteiger partial charge is 0.477 e. The van der Waals surface area contributed by atoms with Crippen LogP contribution in [0, 0.1) is 0 Å². The van der Waals surface area contributed by atoms with Crippen LogP contribution in [0.3, 0.4) is 0 Å². The summed E-state index contributed by atoms with van der Waals surface area (Å²) in [6.07, 6.45) is 1.50. The number of rotatable bonds is 5. The van der Waals surface area contributed by atoms with Crippen LogP contribution in [-0.4, -0.2) is 70.9 Å². The van der Waals surface area contributed by atoms with E-state index in [0.717, 1.165) is 31.7 Å². The van der Waals surface area contributed by atoms with Gasteiger partial charge in [0, 0.05) is 38.1 Å². The summed E-state index contributed by atoms with van der Waals surface area (Å²) in [7, 11) is 2.04. The van der Waals surface area contributed by atoms with Crippen molar-refractivity contribution in [3.63, 3.8) is 0 Å². The summed E-state index contributed by atoms with van der Waals surface area (Å²) in [5, 5.41) is 11.6. The van der Waals surface area contributed by atoms with E-state index in [1.54, 1.807) is 18.2 Å². The van der Waals surface area contributed by atoms with E-state index in [0.29, 0.717) is 5.69 Å². The number of carbonyl (C=O) groups excluding carboxylic acids is 2. The number of aromatic nitrogens is 1. The summed E-state index contributed by atoms with van der Waals surface area (Å²) in [6, 6.07) is 9.83. The number of piperazine rings is 1. The van der Waals surface area contributed by atoms with Crippen molar-refractivity contribution >= 4 is 23.5 Å². The second-order valence-electron chi connectivity index (χ2n) is 6.75. The van der Waals surface area contributed by atoms with E-state index in [1.165, 1.54) is 18.3 Å². The maximum absolute atomic E-state index is 12.5. The molecule has 1 fully saturated rings. The van der Waals surface area contributed by atoms with Gasteiger partial charge < -0.3 is 20.2 Å². The number of hydrogen-bond acceptors (Lipinski definition) is 5. The molecule has 0 aliphatic carbocycles. The highest BCUT2D eigenvalue weighted by Gasteiger charge is 2.19. The third kappa shape index (κ3) is 4.92. The highest BCUT2D eigenvalue weighted by molar-refractivity contribution is 6.04. The third-order valence-corrected chi connectivity index (χ3v) is 4.64. The topological polar surface area (TPSA) is 103 Å². The van der Waals surface area contributed by atoms with Crippen molar-refractivity contribution in [3.05, 3.63) is 59.4 Å². The predicted octanol–water partition coefficient (Wildman–Crippen LogP) is 1.35. The molecule has 2 N–H and O–H groups in total. The molecule has 0 atom stereocenters. The monoisotopic (exact) mass is 382 g/mol. The molecular formula is C20H22N4O4. The predicted molar refractivity (Wildman–Crippen MR) is 103 cm³/mol. The van der Waals surface area contributed by atoms with E-state index < -0.39 is 11.9 Å². The molecule has 1 saturated heterocycles. The lowest BCUT2D eigenvalue weighted by Crippen LogP contribution is -2.47. The Labute approximate surface area is 162 Å². The molecular weight excluding hydrogens is 360 g/mol. The summed E-state index contributed by atoms with van der Waals surface area (Å²) >= 11 is 0. The molecule has 2 heterocycles. The van der Waals surface area contributed by atoms with Gasteiger partial charge in [0.15, 0.2) is 0 Å². The first-order valence-electron chi connectivity index (χ1n) is 8.98. The molecule has 2 aromatic rings. The normalized spacial score (nSPS) is 14.5. The fourth-order valence-electron chi connectivity index (χ4n) is 2.96. The number of amides is 2. The van der Waals surface area contributed by atoms with Crippen molar-refractivity contribution in [1.82, 2.24) is 14.8 Å². The Balaban J connectivity index is 1.62. The summed E-state index contributed by atoms with van der Waals surface area (Å²) in [4.78, 5) is 43.4. The van der Waals surface area contributed by atoms with Crippen molar-refractivity contribution < 1.29 is 19.5 Å². The van der Waals surface area contributed by atoms with Gasteiger partial charge in [0.05, 0.1) is 12.0 Å². The van der Waals surface area contributed by atoms with Crippen molar-refractivity contribution in [1.29, 1.82) is 0 Å². The molecule has 2 amide bonds. The van der Waals surface area contributed by atoms with Gasteiger partial charge in [0.1, 0.15) is 5.69 Å². The van der Waals surface area contributed by atoms with Gasteiger partial charge >= 0.3 is 5.97 Å². The Bertz CT molecular complexity index is 874. The van der Waals surface area contributed by atoms with Crippen molar-refractivity contribution in [2.75, 3.05) is 38.5 Å². The van der Waals surface area contributed by atoms with Gasteiger partial charge in [0.2, 0.25) is 5.91 Å². The first-order valence-corrected chi connectivity index (χ1v) is 8.98. The molecule has 0 unspecified atom stereocenters. The average Bonchev–Trinajstić information content (AvgIpc) is 2.68. The maximum Gasteiger partial charge on any atom is 0.354 e. The SMILES string of the molecule is CN1CCN(C(=O)Cc2cccc(NC(=O)c3ccc(C(=O)O)nc3)c2)CC1. The minimum atomic E-state index is -1.15. The lowest BCUT2D eigenvalue weighted by molar-refractivity contribution is -0.132. The van der Waals surface area contributed by atoms with Crippen LogP contribution in [0.1, 0.15) is 26.4 Å². The highest BCUT2D eigenvalue weighted by atomic mass is 16.4. The molecule has 1 aliphatic heterocycles. The lowest BCUT2D eigenvalue weighted by Gasteiger charge is -2.32. The van der Waals surface area contributed by atoms with E-state index >= 15 is 0 Å². The summed E-state index contributed by atoms with van der Waals surface area (Å²) in [5.74, 6) is -1.47. The zero-order valence-corrected chi connectivity index (χ0v) is 15.6. The first-order chi connectivity index (χ1) is 13.4. The van der Waals surface area contributed by atoms with Crippen LogP contribution in [0.15, 0.2) is 42.6 Å². The fourth-order valence-corrected chi connectivity index (χ4v) is 2.96. The van der Waals surface area contributed by atoms with Crippen LogP contribution in [0.2, 0.25) is 0 Å². The number of carboxylic acids is 1. The van der Waals surface area contributed by atoms with Gasteiger partial charge in [0.25, 0.3) is 5.91 Å². The molecule has 1 aliphatic rings. The number of nitrogens with one attached hydrogen (secondary N) is 1. The number of aromatic carboxylic acids is 1. The second-order valence-corrected chi connectivity index (χ2v) is 6.75. The zero-order chi connectivity index (χ0) is 20.1. The molecule has 3 rings (SSSR count). The van der Waals surface area contributed by atoms with Crippen LogP contribution < -0.4 is 5.32 Å². The molecule has 0 spiro atoms. The average molecular weight is 382 g/mol. The Morgan fingerprint density at radius 2 is 1.86 bits per heavy atom. The van der Waals surface area contributed by atoms with Gasteiger partial charge in [-0.15, -0.1) is 0 Å². The molecule has 28 heavy (non-hydrogen) atoms. The number of benzene rings is 1. The summed E-state index contributed by atoms with van der Waals surface area (Å²) < 4.78 is 0. The second kappa shape index (κ2) is 8.62. The van der Waals surface area contributed by atoms with Crippen molar-refractivity contribution in [2.24, 2.45) is 0 Å². The molecule has 146 valence electrons. The first kappa shape index (κ1) is 19.5. The summed E-state index contributed by atoms with van der Waals surface area (Å²) in [6.45, 7) is 3.20. The fraction of sp³-hybridized carbons (Fsp3) is 0.300.